The highest BCUT2D eigenvalue weighted by Crippen LogP contribution is 2.22. The molecular formula is C17H18N2O2. The minimum Gasteiger partial charge on any atom is -0.493 e. The number of carbonyl (C=O) groups excluding carboxylic acids is 1. The summed E-state index contributed by atoms with van der Waals surface area (Å²) in [6.45, 7) is 2.19. The number of aromatic nitrogens is 1. The van der Waals surface area contributed by atoms with Crippen LogP contribution >= 0.6 is 0 Å². The maximum absolute atomic E-state index is 12.2. The minimum absolute atomic E-state index is 0.153. The molecule has 0 saturated heterocycles. The SMILES string of the molecule is O=C1c2ccccc2CN1CCCCOc1ccncc1. The van der Waals surface area contributed by atoms with Gasteiger partial charge in [0.05, 0.1) is 6.61 Å². The summed E-state index contributed by atoms with van der Waals surface area (Å²) >= 11 is 0. The van der Waals surface area contributed by atoms with Crippen LogP contribution in [0, 0.1) is 0 Å². The molecule has 1 aromatic carbocycles. The molecule has 4 heteroatoms. The second kappa shape index (κ2) is 6.39. The van der Waals surface area contributed by atoms with Gasteiger partial charge in [-0.2, -0.15) is 0 Å². The standard InChI is InChI=1S/C17H18N2O2/c20-17-16-6-2-1-5-14(16)13-19(17)11-3-4-12-21-15-7-9-18-10-8-15/h1-2,5-10H,3-4,11-13H2. The van der Waals surface area contributed by atoms with Crippen molar-refractivity contribution in [3.05, 3.63) is 59.9 Å². The number of pyridine rings is 1. The molecule has 108 valence electrons. The van der Waals surface area contributed by atoms with Gasteiger partial charge in [-0.3, -0.25) is 9.78 Å². The lowest BCUT2D eigenvalue weighted by atomic mass is 10.1. The number of amides is 1. The third kappa shape index (κ3) is 3.21. The number of rotatable bonds is 6. The third-order valence-electron chi connectivity index (χ3n) is 3.64. The summed E-state index contributed by atoms with van der Waals surface area (Å²) in [4.78, 5) is 18.0. The second-order valence-corrected chi connectivity index (χ2v) is 5.12. The average Bonchev–Trinajstić information content (AvgIpc) is 2.85. The Morgan fingerprint density at radius 3 is 2.71 bits per heavy atom. The van der Waals surface area contributed by atoms with Gasteiger partial charge in [0.1, 0.15) is 5.75 Å². The smallest absolute Gasteiger partial charge is 0.254 e. The molecule has 1 aliphatic rings. The zero-order valence-corrected chi connectivity index (χ0v) is 11.9. The van der Waals surface area contributed by atoms with E-state index >= 15 is 0 Å². The Hall–Kier alpha value is -2.36. The summed E-state index contributed by atoms with van der Waals surface area (Å²) in [5.41, 5.74) is 1.99. The van der Waals surface area contributed by atoms with E-state index in [-0.39, 0.29) is 5.91 Å². The molecule has 0 aliphatic carbocycles. The van der Waals surface area contributed by atoms with Gasteiger partial charge in [-0.15, -0.1) is 0 Å². The predicted molar refractivity (Wildman–Crippen MR) is 80.1 cm³/mol. The van der Waals surface area contributed by atoms with E-state index in [1.54, 1.807) is 12.4 Å². The van der Waals surface area contributed by atoms with Crippen LogP contribution in [0.25, 0.3) is 0 Å². The summed E-state index contributed by atoms with van der Waals surface area (Å²) in [6, 6.07) is 11.5. The minimum atomic E-state index is 0.153. The molecular weight excluding hydrogens is 264 g/mol. The quantitative estimate of drug-likeness (QED) is 0.765. The largest absolute Gasteiger partial charge is 0.493 e. The molecule has 3 rings (SSSR count). The molecule has 1 aromatic heterocycles. The van der Waals surface area contributed by atoms with E-state index in [0.717, 1.165) is 42.8 Å². The Balaban J connectivity index is 1.40. The van der Waals surface area contributed by atoms with Gasteiger partial charge in [0, 0.05) is 31.0 Å². The number of fused-ring (bicyclic) bond motifs is 1. The summed E-state index contributed by atoms with van der Waals surface area (Å²) in [5, 5.41) is 0. The third-order valence-corrected chi connectivity index (χ3v) is 3.64. The van der Waals surface area contributed by atoms with Crippen LogP contribution in [0.15, 0.2) is 48.8 Å². The van der Waals surface area contributed by atoms with Crippen LogP contribution in [0.2, 0.25) is 0 Å². The number of hydrogen-bond acceptors (Lipinski definition) is 3. The van der Waals surface area contributed by atoms with Crippen LogP contribution in [0.4, 0.5) is 0 Å². The second-order valence-electron chi connectivity index (χ2n) is 5.12. The first-order valence-electron chi connectivity index (χ1n) is 7.24. The topological polar surface area (TPSA) is 42.4 Å². The molecule has 1 aliphatic heterocycles. The molecule has 1 amide bonds. The highest BCUT2D eigenvalue weighted by atomic mass is 16.5. The fraction of sp³-hybridized carbons (Fsp3) is 0.294. The lowest BCUT2D eigenvalue weighted by Gasteiger charge is -2.15. The van der Waals surface area contributed by atoms with Crippen molar-refractivity contribution in [1.82, 2.24) is 9.88 Å². The van der Waals surface area contributed by atoms with Gasteiger partial charge in [0.2, 0.25) is 0 Å². The number of benzene rings is 1. The fourth-order valence-electron chi connectivity index (χ4n) is 2.52. The van der Waals surface area contributed by atoms with E-state index < -0.39 is 0 Å². The Morgan fingerprint density at radius 2 is 1.90 bits per heavy atom. The lowest BCUT2D eigenvalue weighted by molar-refractivity contribution is 0.0773. The fourth-order valence-corrected chi connectivity index (χ4v) is 2.52. The summed E-state index contributed by atoms with van der Waals surface area (Å²) in [5.74, 6) is 0.996. The summed E-state index contributed by atoms with van der Waals surface area (Å²) in [7, 11) is 0. The van der Waals surface area contributed by atoms with Crippen molar-refractivity contribution in [3.8, 4) is 5.75 Å². The molecule has 2 heterocycles. The van der Waals surface area contributed by atoms with E-state index in [4.69, 9.17) is 4.74 Å². The molecule has 4 nitrogen and oxygen atoms in total. The van der Waals surface area contributed by atoms with Gasteiger partial charge in [0.25, 0.3) is 5.91 Å². The van der Waals surface area contributed by atoms with Crippen molar-refractivity contribution in [2.45, 2.75) is 19.4 Å². The van der Waals surface area contributed by atoms with Crippen LogP contribution in [0.5, 0.6) is 5.75 Å². The number of nitrogens with zero attached hydrogens (tertiary/aromatic N) is 2. The highest BCUT2D eigenvalue weighted by Gasteiger charge is 2.25. The first-order chi connectivity index (χ1) is 10.3. The number of carbonyl (C=O) groups is 1. The summed E-state index contributed by atoms with van der Waals surface area (Å²) < 4.78 is 5.62. The van der Waals surface area contributed by atoms with E-state index in [2.05, 4.69) is 4.98 Å². The predicted octanol–water partition coefficient (Wildman–Crippen LogP) is 2.90. The summed E-state index contributed by atoms with van der Waals surface area (Å²) in [6.07, 6.45) is 5.32. The first kappa shape index (κ1) is 13.6. The molecule has 0 fully saturated rings. The van der Waals surface area contributed by atoms with Crippen LogP contribution in [0.3, 0.4) is 0 Å². The van der Waals surface area contributed by atoms with Crippen molar-refractivity contribution in [3.63, 3.8) is 0 Å². The van der Waals surface area contributed by atoms with E-state index in [1.807, 2.05) is 41.3 Å². The van der Waals surface area contributed by atoms with E-state index in [0.29, 0.717) is 6.61 Å². The van der Waals surface area contributed by atoms with Gasteiger partial charge >= 0.3 is 0 Å². The van der Waals surface area contributed by atoms with Crippen LogP contribution in [0.1, 0.15) is 28.8 Å². The lowest BCUT2D eigenvalue weighted by Crippen LogP contribution is -2.25. The van der Waals surface area contributed by atoms with Gasteiger partial charge in [-0.25, -0.2) is 0 Å². The normalized spacial score (nSPS) is 13.3. The molecule has 0 atom stereocenters. The van der Waals surface area contributed by atoms with Crippen LogP contribution in [-0.4, -0.2) is 28.9 Å². The van der Waals surface area contributed by atoms with E-state index in [1.165, 1.54) is 0 Å². The monoisotopic (exact) mass is 282 g/mol. The molecule has 0 saturated carbocycles. The maximum atomic E-state index is 12.2. The number of hydrogen-bond donors (Lipinski definition) is 0. The Labute approximate surface area is 124 Å². The number of ether oxygens (including phenoxy) is 1. The first-order valence-corrected chi connectivity index (χ1v) is 7.24. The Kier molecular flexibility index (Phi) is 4.15. The molecule has 21 heavy (non-hydrogen) atoms. The van der Waals surface area contributed by atoms with Gasteiger partial charge in [0.15, 0.2) is 0 Å². The molecule has 0 bridgehead atoms. The van der Waals surface area contributed by atoms with E-state index in [9.17, 15) is 4.79 Å². The Morgan fingerprint density at radius 1 is 1.10 bits per heavy atom. The molecule has 0 N–H and O–H groups in total. The Bertz CT molecular complexity index is 613. The van der Waals surface area contributed by atoms with Gasteiger partial charge in [-0.05, 0) is 36.6 Å². The van der Waals surface area contributed by atoms with Crippen molar-refractivity contribution in [1.29, 1.82) is 0 Å². The average molecular weight is 282 g/mol. The van der Waals surface area contributed by atoms with Crippen molar-refractivity contribution < 1.29 is 9.53 Å². The van der Waals surface area contributed by atoms with Gasteiger partial charge < -0.3 is 9.64 Å². The molecule has 0 unspecified atom stereocenters. The van der Waals surface area contributed by atoms with Crippen LogP contribution in [-0.2, 0) is 6.54 Å². The zero-order valence-electron chi connectivity index (χ0n) is 11.9. The molecule has 0 spiro atoms. The van der Waals surface area contributed by atoms with Crippen molar-refractivity contribution in [2.75, 3.05) is 13.2 Å². The maximum Gasteiger partial charge on any atom is 0.254 e. The number of unbranched alkanes of at least 4 members (excludes halogenated alkanes) is 1. The molecule has 2 aromatic rings. The van der Waals surface area contributed by atoms with Crippen LogP contribution < -0.4 is 4.74 Å². The van der Waals surface area contributed by atoms with Crippen molar-refractivity contribution in [2.24, 2.45) is 0 Å². The molecule has 0 radical (unpaired) electrons. The zero-order chi connectivity index (χ0) is 14.5. The highest BCUT2D eigenvalue weighted by molar-refractivity contribution is 5.98. The van der Waals surface area contributed by atoms with Gasteiger partial charge in [-0.1, -0.05) is 18.2 Å². The van der Waals surface area contributed by atoms with Crippen molar-refractivity contribution >= 4 is 5.91 Å².